The minimum absolute atomic E-state index is 0. The summed E-state index contributed by atoms with van der Waals surface area (Å²) in [5, 5.41) is 5.28. The van der Waals surface area contributed by atoms with Gasteiger partial charge in [0.2, 0.25) is 0 Å². The summed E-state index contributed by atoms with van der Waals surface area (Å²) in [5.41, 5.74) is 14.5. The number of halogens is 2. The summed E-state index contributed by atoms with van der Waals surface area (Å²) in [7, 11) is -0.101. The van der Waals surface area contributed by atoms with Crippen molar-refractivity contribution in [3.05, 3.63) is 155 Å². The van der Waals surface area contributed by atoms with Crippen molar-refractivity contribution in [3.63, 3.8) is 0 Å². The molecule has 49 heavy (non-hydrogen) atoms. The van der Waals surface area contributed by atoms with Crippen LogP contribution < -0.4 is 24.8 Å². The van der Waals surface area contributed by atoms with Crippen LogP contribution >= 0.6 is 0 Å². The molecule has 2 aliphatic rings. The van der Waals surface area contributed by atoms with Gasteiger partial charge in [-0.25, -0.2) is 0 Å². The molecule has 0 N–H and O–H groups in total. The van der Waals surface area contributed by atoms with Crippen LogP contribution in [0.1, 0.15) is 43.4 Å². The van der Waals surface area contributed by atoms with E-state index in [1.807, 2.05) is 0 Å². The van der Waals surface area contributed by atoms with Gasteiger partial charge in [-0.15, -0.1) is 0 Å². The fourth-order valence-corrected chi connectivity index (χ4v) is 11.7. The second kappa shape index (κ2) is 15.6. The Labute approximate surface area is 320 Å². The van der Waals surface area contributed by atoms with Gasteiger partial charge >= 0.3 is 255 Å². The van der Waals surface area contributed by atoms with Crippen LogP contribution in [0.2, 0.25) is 26.2 Å². The average molecular weight is 791 g/mol. The maximum absolute atomic E-state index is 2.50. The first-order chi connectivity index (χ1) is 22.7. The molecule has 0 saturated heterocycles. The molecule has 0 amide bonds. The van der Waals surface area contributed by atoms with Crippen LogP contribution in [0.15, 0.2) is 132 Å². The Morgan fingerprint density at radius 3 is 1.24 bits per heavy atom. The minimum Gasteiger partial charge on any atom is -1.00 e. The van der Waals surface area contributed by atoms with Gasteiger partial charge in [0.1, 0.15) is 0 Å². The number of rotatable bonds is 5. The zero-order valence-electron chi connectivity index (χ0n) is 29.3. The number of allylic oxidation sites excluding steroid dienone is 2. The third-order valence-corrected chi connectivity index (χ3v) is 24.0. The molecule has 0 aliphatic heterocycles. The molecule has 0 fully saturated rings. The quantitative estimate of drug-likeness (QED) is 0.186. The molecule has 0 aromatic heterocycles. The number of hydrogen-bond acceptors (Lipinski definition) is 0. The number of benzene rings is 6. The second-order valence-electron chi connectivity index (χ2n) is 14.4. The summed E-state index contributed by atoms with van der Waals surface area (Å²) < 4.78 is 1.17. The Hall–Kier alpha value is -2.78. The van der Waals surface area contributed by atoms with E-state index < -0.39 is 30.8 Å². The van der Waals surface area contributed by atoms with E-state index in [4.69, 9.17) is 0 Å². The maximum atomic E-state index is 2.50. The van der Waals surface area contributed by atoms with E-state index in [2.05, 4.69) is 174 Å². The first-order valence-corrected chi connectivity index (χ1v) is 27.2. The van der Waals surface area contributed by atoms with Gasteiger partial charge in [0.05, 0.1) is 0 Å². The molecule has 8 rings (SSSR count). The predicted molar refractivity (Wildman–Crippen MR) is 209 cm³/mol. The van der Waals surface area contributed by atoms with Gasteiger partial charge in [0.15, 0.2) is 0 Å². The first kappa shape index (κ1) is 37.5. The molecule has 0 radical (unpaired) electrons. The molecule has 6 aromatic rings. The zero-order valence-corrected chi connectivity index (χ0v) is 35.7. The molecule has 2 atom stereocenters. The van der Waals surface area contributed by atoms with Crippen LogP contribution in [0.3, 0.4) is 0 Å². The third-order valence-electron chi connectivity index (χ3n) is 10.1. The molecule has 2 aliphatic carbocycles. The van der Waals surface area contributed by atoms with Crippen LogP contribution in [0.4, 0.5) is 0 Å². The van der Waals surface area contributed by atoms with Crippen LogP contribution in [0.25, 0.3) is 56.0 Å². The van der Waals surface area contributed by atoms with Crippen molar-refractivity contribution in [2.75, 3.05) is 0 Å². The Morgan fingerprint density at radius 1 is 0.490 bits per heavy atom. The molecule has 246 valence electrons. The topological polar surface area (TPSA) is 0 Å². The van der Waals surface area contributed by atoms with Gasteiger partial charge in [-0.05, 0) is 0 Å². The van der Waals surface area contributed by atoms with Crippen LogP contribution in [-0.4, -0.2) is 16.6 Å². The number of fused-ring (bicyclic) bond motifs is 4. The van der Waals surface area contributed by atoms with Crippen molar-refractivity contribution in [2.24, 2.45) is 0 Å². The average Bonchev–Trinajstić information content (AvgIpc) is 3.59. The molecule has 0 nitrogen and oxygen atoms in total. The Kier molecular flexibility index (Phi) is 11.9. The Bertz CT molecular complexity index is 2030. The van der Waals surface area contributed by atoms with E-state index >= 15 is 0 Å². The summed E-state index contributed by atoms with van der Waals surface area (Å²) in [6.45, 7) is 14.5. The standard InChI is InChI=1S/2C20H15.C4H14Si2.2ClH.Zr/c2*1-14-12-16-8-5-11-19(20(16)13-14)18-10-4-7-15-6-2-3-9-17(15)18;1-5-6(2,3)4;;;/h2*2-13H,1H3;5H2,1-4H3;2*1H;/q;;;;;+2/p-2. The Balaban J connectivity index is 0.000000540. The van der Waals surface area contributed by atoms with Crippen LogP contribution in [-0.2, 0) is 23.2 Å². The van der Waals surface area contributed by atoms with Gasteiger partial charge in [-0.2, -0.15) is 0 Å². The molecule has 0 spiro atoms. The van der Waals surface area contributed by atoms with Crippen molar-refractivity contribution >= 4 is 50.3 Å². The molecular weight excluding hydrogens is 747 g/mol. The van der Waals surface area contributed by atoms with Gasteiger partial charge in [-0.3, -0.25) is 0 Å². The molecule has 2 unspecified atom stereocenters. The van der Waals surface area contributed by atoms with Gasteiger partial charge in [0, 0.05) is 16.6 Å². The summed E-state index contributed by atoms with van der Waals surface area (Å²) >= 11 is -0.930. The van der Waals surface area contributed by atoms with E-state index in [-0.39, 0.29) is 24.8 Å². The van der Waals surface area contributed by atoms with Gasteiger partial charge in [-0.1, -0.05) is 26.2 Å². The number of hydrogen-bond donors (Lipinski definition) is 0. The largest absolute Gasteiger partial charge is 1.00 e. The van der Waals surface area contributed by atoms with Gasteiger partial charge in [0.25, 0.3) is 0 Å². The fourth-order valence-electron chi connectivity index (χ4n) is 7.10. The van der Waals surface area contributed by atoms with Crippen LogP contribution in [0.5, 0.6) is 0 Å². The third kappa shape index (κ3) is 7.49. The summed E-state index contributed by atoms with van der Waals surface area (Å²) in [6.07, 6.45) is 5.00. The molecule has 0 bridgehead atoms. The molecule has 0 heterocycles. The second-order valence-corrected chi connectivity index (χ2v) is 32.4. The minimum atomic E-state index is -0.930. The molecule has 6 aromatic carbocycles. The van der Waals surface area contributed by atoms with E-state index in [1.54, 1.807) is 22.3 Å². The van der Waals surface area contributed by atoms with Gasteiger partial charge < -0.3 is 24.8 Å². The Morgan fingerprint density at radius 2 is 0.837 bits per heavy atom. The summed E-state index contributed by atoms with van der Waals surface area (Å²) in [5.74, 6) is 0. The summed E-state index contributed by atoms with van der Waals surface area (Å²) in [4.78, 5) is 0. The van der Waals surface area contributed by atoms with Crippen LogP contribution in [0, 0.1) is 0 Å². The zero-order chi connectivity index (χ0) is 32.7. The monoisotopic (exact) mass is 788 g/mol. The van der Waals surface area contributed by atoms with Crippen molar-refractivity contribution in [2.45, 2.75) is 47.3 Å². The SMILES string of the molecule is CC1=Cc2c(-c3cccc4ccccc34)cccc2[CH]1[Zr+2][CH]1C(C)=Cc2c(-c3cccc4ccccc34)cccc21.C[SiH2][Si](C)(C)C.[Cl-].[Cl-]. The first-order valence-electron chi connectivity index (χ1n) is 17.1. The molecule has 5 heteroatoms. The van der Waals surface area contributed by atoms with E-state index in [0.29, 0.717) is 16.3 Å². The predicted octanol–water partition coefficient (Wildman–Crippen LogP) is 6.07. The van der Waals surface area contributed by atoms with Crippen molar-refractivity contribution in [1.29, 1.82) is 0 Å². The van der Waals surface area contributed by atoms with Crippen molar-refractivity contribution in [1.82, 2.24) is 0 Å². The van der Waals surface area contributed by atoms with E-state index in [0.717, 1.165) is 0 Å². The molecular formula is C44H44Cl2Si2Zr. The summed E-state index contributed by atoms with van der Waals surface area (Å²) in [6, 6.07) is 45.0. The normalized spacial score (nSPS) is 16.1. The molecule has 0 saturated carbocycles. The van der Waals surface area contributed by atoms with E-state index in [1.165, 1.54) is 54.9 Å². The smallest absolute Gasteiger partial charge is 0.0307 e. The maximum Gasteiger partial charge on any atom is 0.0307 e. The van der Waals surface area contributed by atoms with E-state index in [9.17, 15) is 0 Å². The van der Waals surface area contributed by atoms with Crippen molar-refractivity contribution < 1.29 is 48.0 Å². The fraction of sp³-hybridized carbons (Fsp3) is 0.182. The van der Waals surface area contributed by atoms with Crippen molar-refractivity contribution in [3.8, 4) is 22.3 Å².